The first-order valence-electron chi connectivity index (χ1n) is 7.96. The molecule has 1 heterocycles. The SMILES string of the molecule is C[C@H]1CN(c2ccc(Br)cc2)C(=O)[C@H]1CC(=O)Nc1ccccc1. The highest BCUT2D eigenvalue weighted by Gasteiger charge is 2.39. The third-order valence-corrected chi connectivity index (χ3v) is 4.87. The Labute approximate surface area is 150 Å². The van der Waals surface area contributed by atoms with Gasteiger partial charge in [-0.15, -0.1) is 0 Å². The van der Waals surface area contributed by atoms with E-state index < -0.39 is 0 Å². The van der Waals surface area contributed by atoms with Crippen molar-refractivity contribution in [3.8, 4) is 0 Å². The minimum atomic E-state index is -0.280. The highest BCUT2D eigenvalue weighted by atomic mass is 79.9. The van der Waals surface area contributed by atoms with Crippen LogP contribution in [0.1, 0.15) is 13.3 Å². The van der Waals surface area contributed by atoms with E-state index in [1.807, 2.05) is 61.5 Å². The van der Waals surface area contributed by atoms with Crippen LogP contribution in [-0.2, 0) is 9.59 Å². The molecule has 0 bridgehead atoms. The number of hydrogen-bond donors (Lipinski definition) is 1. The fraction of sp³-hybridized carbons (Fsp3) is 0.263. The summed E-state index contributed by atoms with van der Waals surface area (Å²) >= 11 is 3.40. The lowest BCUT2D eigenvalue weighted by Gasteiger charge is -2.17. The van der Waals surface area contributed by atoms with Gasteiger partial charge in [-0.05, 0) is 42.3 Å². The van der Waals surface area contributed by atoms with Gasteiger partial charge >= 0.3 is 0 Å². The second kappa shape index (κ2) is 7.18. The molecule has 24 heavy (non-hydrogen) atoms. The molecule has 5 heteroatoms. The molecular weight excluding hydrogens is 368 g/mol. The van der Waals surface area contributed by atoms with Crippen molar-refractivity contribution in [2.24, 2.45) is 11.8 Å². The van der Waals surface area contributed by atoms with Crippen molar-refractivity contribution in [1.29, 1.82) is 0 Å². The molecule has 2 atom stereocenters. The van der Waals surface area contributed by atoms with E-state index in [0.29, 0.717) is 6.54 Å². The zero-order valence-corrected chi connectivity index (χ0v) is 15.0. The first kappa shape index (κ1) is 16.7. The van der Waals surface area contributed by atoms with Gasteiger partial charge < -0.3 is 10.2 Å². The van der Waals surface area contributed by atoms with Gasteiger partial charge in [0.15, 0.2) is 0 Å². The van der Waals surface area contributed by atoms with Crippen molar-refractivity contribution in [1.82, 2.24) is 0 Å². The molecule has 2 amide bonds. The van der Waals surface area contributed by atoms with Crippen LogP contribution in [0.15, 0.2) is 59.1 Å². The van der Waals surface area contributed by atoms with Gasteiger partial charge in [0.1, 0.15) is 0 Å². The van der Waals surface area contributed by atoms with Crippen LogP contribution >= 0.6 is 15.9 Å². The molecule has 1 aliphatic heterocycles. The van der Waals surface area contributed by atoms with Gasteiger partial charge in [-0.2, -0.15) is 0 Å². The van der Waals surface area contributed by atoms with Crippen molar-refractivity contribution in [2.45, 2.75) is 13.3 Å². The smallest absolute Gasteiger partial charge is 0.230 e. The van der Waals surface area contributed by atoms with E-state index in [1.165, 1.54) is 0 Å². The van der Waals surface area contributed by atoms with Crippen LogP contribution in [0.5, 0.6) is 0 Å². The number of amides is 2. The van der Waals surface area contributed by atoms with Gasteiger partial charge in [-0.1, -0.05) is 41.1 Å². The highest BCUT2D eigenvalue weighted by Crippen LogP contribution is 2.32. The molecule has 2 aromatic rings. The number of nitrogens with zero attached hydrogens (tertiary/aromatic N) is 1. The predicted molar refractivity (Wildman–Crippen MR) is 98.8 cm³/mol. The summed E-state index contributed by atoms with van der Waals surface area (Å²) in [5.41, 5.74) is 1.63. The molecule has 0 unspecified atom stereocenters. The largest absolute Gasteiger partial charge is 0.326 e. The minimum absolute atomic E-state index is 0.0213. The van der Waals surface area contributed by atoms with Crippen LogP contribution in [0.4, 0.5) is 11.4 Å². The molecule has 4 nitrogen and oxygen atoms in total. The molecule has 0 radical (unpaired) electrons. The Balaban J connectivity index is 1.67. The van der Waals surface area contributed by atoms with E-state index in [-0.39, 0.29) is 30.1 Å². The van der Waals surface area contributed by atoms with Gasteiger partial charge in [0.2, 0.25) is 11.8 Å². The average molecular weight is 387 g/mol. The summed E-state index contributed by atoms with van der Waals surface area (Å²) in [4.78, 5) is 26.8. The fourth-order valence-electron chi connectivity index (χ4n) is 3.02. The number of benzene rings is 2. The van der Waals surface area contributed by atoms with Crippen LogP contribution in [-0.4, -0.2) is 18.4 Å². The molecule has 1 fully saturated rings. The zero-order chi connectivity index (χ0) is 17.1. The lowest BCUT2D eigenvalue weighted by atomic mass is 9.94. The van der Waals surface area contributed by atoms with Crippen molar-refractivity contribution < 1.29 is 9.59 Å². The van der Waals surface area contributed by atoms with Crippen LogP contribution in [0.25, 0.3) is 0 Å². The third-order valence-electron chi connectivity index (χ3n) is 4.34. The lowest BCUT2D eigenvalue weighted by molar-refractivity contribution is -0.125. The number of rotatable bonds is 4. The normalized spacial score (nSPS) is 20.2. The Morgan fingerprint density at radius 1 is 1.17 bits per heavy atom. The molecular formula is C19H19BrN2O2. The summed E-state index contributed by atoms with van der Waals surface area (Å²) < 4.78 is 0.977. The van der Waals surface area contributed by atoms with Crippen LogP contribution in [0.3, 0.4) is 0 Å². The maximum atomic E-state index is 12.7. The molecule has 0 aromatic heterocycles. The number of para-hydroxylation sites is 1. The maximum absolute atomic E-state index is 12.7. The van der Waals surface area contributed by atoms with Crippen molar-refractivity contribution in [3.05, 3.63) is 59.1 Å². The zero-order valence-electron chi connectivity index (χ0n) is 13.4. The van der Waals surface area contributed by atoms with E-state index >= 15 is 0 Å². The van der Waals surface area contributed by atoms with E-state index in [9.17, 15) is 9.59 Å². The van der Waals surface area contributed by atoms with Gasteiger partial charge in [0.05, 0.1) is 5.92 Å². The number of carbonyl (C=O) groups excluding carboxylic acids is 2. The highest BCUT2D eigenvalue weighted by molar-refractivity contribution is 9.10. The summed E-state index contributed by atoms with van der Waals surface area (Å²) in [6.07, 6.45) is 0.210. The fourth-order valence-corrected chi connectivity index (χ4v) is 3.29. The quantitative estimate of drug-likeness (QED) is 0.860. The molecule has 0 spiro atoms. The van der Waals surface area contributed by atoms with Crippen molar-refractivity contribution in [2.75, 3.05) is 16.8 Å². The van der Waals surface area contributed by atoms with E-state index in [0.717, 1.165) is 15.8 Å². The Kier molecular flexibility index (Phi) is 5.00. The molecule has 1 saturated heterocycles. The van der Waals surface area contributed by atoms with Crippen LogP contribution < -0.4 is 10.2 Å². The van der Waals surface area contributed by atoms with Crippen LogP contribution in [0, 0.1) is 11.8 Å². The molecule has 2 aromatic carbocycles. The summed E-state index contributed by atoms with van der Waals surface area (Å²) in [7, 11) is 0. The number of anilines is 2. The number of halogens is 1. The Morgan fingerprint density at radius 2 is 1.83 bits per heavy atom. The number of nitrogens with one attached hydrogen (secondary N) is 1. The monoisotopic (exact) mass is 386 g/mol. The Hall–Kier alpha value is -2.14. The van der Waals surface area contributed by atoms with Crippen LogP contribution in [0.2, 0.25) is 0 Å². The minimum Gasteiger partial charge on any atom is -0.326 e. The topological polar surface area (TPSA) is 49.4 Å². The molecule has 1 N–H and O–H groups in total. The number of hydrogen-bond acceptors (Lipinski definition) is 2. The Bertz CT molecular complexity index is 731. The summed E-state index contributed by atoms with van der Waals surface area (Å²) in [5, 5.41) is 2.86. The second-order valence-corrected chi connectivity index (χ2v) is 7.04. The van der Waals surface area contributed by atoms with Crippen molar-refractivity contribution in [3.63, 3.8) is 0 Å². The predicted octanol–water partition coefficient (Wildman–Crippen LogP) is 4.08. The lowest BCUT2D eigenvalue weighted by Crippen LogP contribution is -2.29. The van der Waals surface area contributed by atoms with E-state index in [4.69, 9.17) is 0 Å². The van der Waals surface area contributed by atoms with Gasteiger partial charge in [-0.3, -0.25) is 9.59 Å². The molecule has 0 saturated carbocycles. The molecule has 124 valence electrons. The van der Waals surface area contributed by atoms with E-state index in [2.05, 4.69) is 21.2 Å². The van der Waals surface area contributed by atoms with Gasteiger partial charge in [0.25, 0.3) is 0 Å². The number of carbonyl (C=O) groups is 2. The summed E-state index contributed by atoms with van der Waals surface area (Å²) in [5.74, 6) is -0.239. The van der Waals surface area contributed by atoms with Crippen molar-refractivity contribution >= 4 is 39.1 Å². The summed E-state index contributed by atoms with van der Waals surface area (Å²) in [6.45, 7) is 2.67. The standard InChI is InChI=1S/C19H19BrN2O2/c1-13-12-22(16-9-7-14(20)8-10-16)19(24)17(13)11-18(23)21-15-5-3-2-4-6-15/h2-10,13,17H,11-12H2,1H3,(H,21,23)/t13-,17-/m0/s1. The average Bonchev–Trinajstić information content (AvgIpc) is 2.85. The van der Waals surface area contributed by atoms with E-state index in [1.54, 1.807) is 4.90 Å². The molecule has 1 aliphatic rings. The molecule has 3 rings (SSSR count). The third kappa shape index (κ3) is 3.67. The van der Waals surface area contributed by atoms with Gasteiger partial charge in [-0.25, -0.2) is 0 Å². The molecule has 0 aliphatic carbocycles. The maximum Gasteiger partial charge on any atom is 0.230 e. The Morgan fingerprint density at radius 3 is 2.50 bits per heavy atom. The van der Waals surface area contributed by atoms with Gasteiger partial charge in [0, 0.05) is 28.8 Å². The first-order valence-corrected chi connectivity index (χ1v) is 8.76. The second-order valence-electron chi connectivity index (χ2n) is 6.13. The first-order chi connectivity index (χ1) is 11.5. The summed E-state index contributed by atoms with van der Waals surface area (Å²) in [6, 6.07) is 17.0.